The zero-order valence-corrected chi connectivity index (χ0v) is 24.6. The summed E-state index contributed by atoms with van der Waals surface area (Å²) in [6, 6.07) is 7.37. The second-order valence-corrected chi connectivity index (χ2v) is 11.4. The third-order valence-electron chi connectivity index (χ3n) is 7.66. The van der Waals surface area contributed by atoms with E-state index in [9.17, 15) is 13.2 Å². The van der Waals surface area contributed by atoms with Crippen molar-refractivity contribution in [2.45, 2.75) is 64.0 Å². The van der Waals surface area contributed by atoms with Gasteiger partial charge in [-0.3, -0.25) is 14.7 Å². The number of rotatable bonds is 9. The molecule has 1 N–H and O–H groups in total. The fraction of sp³-hybridized carbons (Fsp3) is 0.400. The van der Waals surface area contributed by atoms with Gasteiger partial charge in [-0.15, -0.1) is 0 Å². The molecule has 0 saturated heterocycles. The number of hydrogen-bond acceptors (Lipinski definition) is 4. The second-order valence-electron chi connectivity index (χ2n) is 10.6. The molecule has 4 aromatic rings. The first kappa shape index (κ1) is 29.6. The first-order valence-electron chi connectivity index (χ1n) is 13.5. The molecular weight excluding hydrogens is 574 g/mol. The van der Waals surface area contributed by atoms with Crippen molar-refractivity contribution in [1.29, 1.82) is 0 Å². The maximum absolute atomic E-state index is 13.6. The Morgan fingerprint density at radius 2 is 1.66 bits per heavy atom. The lowest BCUT2D eigenvalue weighted by Gasteiger charge is -2.44. The monoisotopic (exact) mass is 605 g/mol. The van der Waals surface area contributed by atoms with Crippen molar-refractivity contribution in [3.8, 4) is 0 Å². The Hall–Kier alpha value is -2.85. The maximum atomic E-state index is 13.6. The van der Waals surface area contributed by atoms with Gasteiger partial charge in [0.1, 0.15) is 0 Å². The van der Waals surface area contributed by atoms with Crippen molar-refractivity contribution >= 4 is 23.2 Å². The van der Waals surface area contributed by atoms with Gasteiger partial charge in [0.05, 0.1) is 36.1 Å². The number of alkyl halides is 3. The van der Waals surface area contributed by atoms with Gasteiger partial charge < -0.3 is 4.74 Å². The molecule has 3 heterocycles. The van der Waals surface area contributed by atoms with Crippen LogP contribution in [-0.4, -0.2) is 38.8 Å². The summed E-state index contributed by atoms with van der Waals surface area (Å²) >= 11 is 13.2. The molecule has 2 atom stereocenters. The Morgan fingerprint density at radius 1 is 1.02 bits per heavy atom. The molecule has 0 fully saturated rings. The number of hydrogen-bond donors (Lipinski definition) is 1. The first-order chi connectivity index (χ1) is 19.6. The minimum absolute atomic E-state index is 0.0464. The van der Waals surface area contributed by atoms with E-state index in [1.807, 2.05) is 60.1 Å². The standard InChI is InChI=1S/C30H32Cl2F3N5O/c1-4-39-16-19(14-36-39)9-21-7-6-8-23-24(21)13-29(18-41-3,12-20-15-37-40(5-2)17-20)38-28(23)27-25(31)10-22(11-26(27)32)30(33,34)35/h6-8,10-11,14-17,28,38H,4-5,9,12-13,18H2,1-3H3. The van der Waals surface area contributed by atoms with Gasteiger partial charge in [0.15, 0.2) is 0 Å². The van der Waals surface area contributed by atoms with Gasteiger partial charge in [-0.1, -0.05) is 41.4 Å². The fourth-order valence-corrected chi connectivity index (χ4v) is 6.52. The largest absolute Gasteiger partial charge is 0.416 e. The van der Waals surface area contributed by atoms with Crippen molar-refractivity contribution in [2.24, 2.45) is 0 Å². The quantitative estimate of drug-likeness (QED) is 0.225. The molecule has 2 unspecified atom stereocenters. The van der Waals surface area contributed by atoms with E-state index in [0.29, 0.717) is 31.4 Å². The lowest BCUT2D eigenvalue weighted by molar-refractivity contribution is -0.137. The minimum Gasteiger partial charge on any atom is -0.383 e. The van der Waals surface area contributed by atoms with E-state index in [-0.39, 0.29) is 10.0 Å². The van der Waals surface area contributed by atoms with Crippen LogP contribution in [0.3, 0.4) is 0 Å². The molecule has 0 bridgehead atoms. The van der Waals surface area contributed by atoms with Crippen molar-refractivity contribution in [3.05, 3.63) is 104 Å². The molecule has 2 aromatic carbocycles. The van der Waals surface area contributed by atoms with E-state index in [2.05, 4.69) is 21.6 Å². The predicted octanol–water partition coefficient (Wildman–Crippen LogP) is 6.90. The predicted molar refractivity (Wildman–Crippen MR) is 154 cm³/mol. The minimum atomic E-state index is -4.57. The Labute approximate surface area is 247 Å². The number of aryl methyl sites for hydroxylation is 2. The van der Waals surface area contributed by atoms with Gasteiger partial charge >= 0.3 is 6.18 Å². The average molecular weight is 607 g/mol. The van der Waals surface area contributed by atoms with Crippen LogP contribution in [0.4, 0.5) is 13.2 Å². The zero-order valence-electron chi connectivity index (χ0n) is 23.1. The summed E-state index contributed by atoms with van der Waals surface area (Å²) in [5.41, 5.74) is 4.11. The Kier molecular flexibility index (Phi) is 8.53. The smallest absolute Gasteiger partial charge is 0.383 e. The maximum Gasteiger partial charge on any atom is 0.416 e. The van der Waals surface area contributed by atoms with Crippen LogP contribution in [0.15, 0.2) is 55.1 Å². The number of ether oxygens (including phenoxy) is 1. The molecule has 1 aliphatic rings. The summed E-state index contributed by atoms with van der Waals surface area (Å²) < 4.78 is 50.3. The molecular formula is C30H32Cl2F3N5O. The van der Waals surface area contributed by atoms with Crippen molar-refractivity contribution in [1.82, 2.24) is 24.9 Å². The van der Waals surface area contributed by atoms with Crippen LogP contribution in [0.25, 0.3) is 0 Å². The van der Waals surface area contributed by atoms with Crippen LogP contribution in [0.2, 0.25) is 10.0 Å². The normalized spacial score (nSPS) is 19.0. The van der Waals surface area contributed by atoms with E-state index in [1.165, 1.54) is 0 Å². The number of nitrogens with one attached hydrogen (secondary N) is 1. The van der Waals surface area contributed by atoms with E-state index in [0.717, 1.165) is 53.0 Å². The average Bonchev–Trinajstić information content (AvgIpc) is 3.57. The van der Waals surface area contributed by atoms with E-state index in [4.69, 9.17) is 27.9 Å². The van der Waals surface area contributed by atoms with Gasteiger partial charge in [-0.25, -0.2) is 0 Å². The summed E-state index contributed by atoms with van der Waals surface area (Å²) in [5.74, 6) is 0. The van der Waals surface area contributed by atoms with Crippen molar-refractivity contribution in [2.75, 3.05) is 13.7 Å². The molecule has 0 spiro atoms. The third-order valence-corrected chi connectivity index (χ3v) is 8.29. The number of nitrogens with zero attached hydrogens (tertiary/aromatic N) is 4. The molecule has 6 nitrogen and oxygen atoms in total. The highest BCUT2D eigenvalue weighted by atomic mass is 35.5. The number of aromatic nitrogens is 4. The molecule has 2 aromatic heterocycles. The SMILES string of the molecule is CCn1cc(Cc2cccc3c2CC(COC)(Cc2cnn(CC)c2)NC3c2c(Cl)cc(C(F)(F)F)cc2Cl)cn1. The van der Waals surface area contributed by atoms with Gasteiger partial charge in [-0.05, 0) is 66.6 Å². The highest BCUT2D eigenvalue weighted by Crippen LogP contribution is 2.45. The highest BCUT2D eigenvalue weighted by Gasteiger charge is 2.42. The lowest BCUT2D eigenvalue weighted by atomic mass is 9.75. The van der Waals surface area contributed by atoms with Crippen LogP contribution >= 0.6 is 23.2 Å². The third kappa shape index (κ3) is 6.18. The summed E-state index contributed by atoms with van der Waals surface area (Å²) in [6.45, 7) is 5.91. The van der Waals surface area contributed by atoms with Gasteiger partial charge in [0, 0.05) is 54.6 Å². The second kappa shape index (κ2) is 11.8. The number of methoxy groups -OCH3 is 1. The molecule has 11 heteroatoms. The number of benzene rings is 2. The van der Waals surface area contributed by atoms with Crippen LogP contribution in [0.1, 0.15) is 58.8 Å². The Morgan fingerprint density at radius 3 is 2.24 bits per heavy atom. The molecule has 5 rings (SSSR count). The zero-order chi connectivity index (χ0) is 29.4. The molecule has 41 heavy (non-hydrogen) atoms. The molecule has 0 aliphatic carbocycles. The lowest BCUT2D eigenvalue weighted by Crippen LogP contribution is -2.57. The van der Waals surface area contributed by atoms with Gasteiger partial charge in [0.2, 0.25) is 0 Å². The van der Waals surface area contributed by atoms with E-state index < -0.39 is 23.3 Å². The molecule has 0 amide bonds. The molecule has 0 saturated carbocycles. The Bertz CT molecular complexity index is 1510. The van der Waals surface area contributed by atoms with Crippen LogP contribution in [-0.2, 0) is 43.3 Å². The summed E-state index contributed by atoms with van der Waals surface area (Å²) in [4.78, 5) is 0. The van der Waals surface area contributed by atoms with Crippen molar-refractivity contribution < 1.29 is 17.9 Å². The molecule has 218 valence electrons. The van der Waals surface area contributed by atoms with Crippen molar-refractivity contribution in [3.63, 3.8) is 0 Å². The molecule has 0 radical (unpaired) electrons. The van der Waals surface area contributed by atoms with Crippen LogP contribution < -0.4 is 5.32 Å². The molecule has 1 aliphatic heterocycles. The Balaban J connectivity index is 1.66. The van der Waals surface area contributed by atoms with E-state index >= 15 is 0 Å². The van der Waals surface area contributed by atoms with Crippen LogP contribution in [0, 0.1) is 0 Å². The van der Waals surface area contributed by atoms with E-state index in [1.54, 1.807) is 7.11 Å². The fourth-order valence-electron chi connectivity index (χ4n) is 5.82. The first-order valence-corrected chi connectivity index (χ1v) is 14.3. The summed E-state index contributed by atoms with van der Waals surface area (Å²) in [7, 11) is 1.65. The number of halogens is 5. The summed E-state index contributed by atoms with van der Waals surface area (Å²) in [5, 5.41) is 12.5. The van der Waals surface area contributed by atoms with Gasteiger partial charge in [0.25, 0.3) is 0 Å². The number of fused-ring (bicyclic) bond motifs is 1. The highest BCUT2D eigenvalue weighted by molar-refractivity contribution is 6.36. The van der Waals surface area contributed by atoms with Gasteiger partial charge in [-0.2, -0.15) is 23.4 Å². The summed E-state index contributed by atoms with van der Waals surface area (Å²) in [6.07, 6.45) is 5.03. The van der Waals surface area contributed by atoms with Crippen LogP contribution in [0.5, 0.6) is 0 Å². The topological polar surface area (TPSA) is 56.9 Å².